The predicted molar refractivity (Wildman–Crippen MR) is 63.4 cm³/mol. The number of likely N-dealkylation sites (tertiary alicyclic amines) is 1. The van der Waals surface area contributed by atoms with Gasteiger partial charge in [0, 0.05) is 25.2 Å². The van der Waals surface area contributed by atoms with Gasteiger partial charge in [-0.15, -0.1) is 5.10 Å². The molecule has 4 nitrogen and oxygen atoms in total. The van der Waals surface area contributed by atoms with Crippen molar-refractivity contribution in [3.63, 3.8) is 0 Å². The van der Waals surface area contributed by atoms with Gasteiger partial charge in [0.25, 0.3) is 0 Å². The highest BCUT2D eigenvalue weighted by molar-refractivity contribution is 5.34. The number of anilines is 1. The molecule has 16 heavy (non-hydrogen) atoms. The smallest absolute Gasteiger partial charge is 0.148 e. The maximum absolute atomic E-state index is 4.15. The summed E-state index contributed by atoms with van der Waals surface area (Å²) in [6.07, 6.45) is 4.03. The van der Waals surface area contributed by atoms with E-state index in [0.29, 0.717) is 6.04 Å². The molecule has 1 aromatic heterocycles. The van der Waals surface area contributed by atoms with E-state index in [1.54, 1.807) is 0 Å². The fourth-order valence-electron chi connectivity index (χ4n) is 2.36. The van der Waals surface area contributed by atoms with Gasteiger partial charge in [0.2, 0.25) is 0 Å². The molecule has 1 saturated heterocycles. The molecule has 1 aliphatic carbocycles. The van der Waals surface area contributed by atoms with Crippen LogP contribution in [0.15, 0.2) is 12.1 Å². The molecule has 1 atom stereocenters. The van der Waals surface area contributed by atoms with Crippen LogP contribution in [0.5, 0.6) is 0 Å². The Bertz CT molecular complexity index is 358. The Balaban J connectivity index is 1.57. The van der Waals surface area contributed by atoms with Crippen LogP contribution in [0.25, 0.3) is 0 Å². The van der Waals surface area contributed by atoms with Crippen LogP contribution >= 0.6 is 0 Å². The fourth-order valence-corrected chi connectivity index (χ4v) is 2.36. The summed E-state index contributed by atoms with van der Waals surface area (Å²) in [6.45, 7) is 4.36. The quantitative estimate of drug-likeness (QED) is 0.833. The zero-order chi connectivity index (χ0) is 11.0. The van der Waals surface area contributed by atoms with Crippen molar-refractivity contribution in [3.8, 4) is 0 Å². The summed E-state index contributed by atoms with van der Waals surface area (Å²) in [5.74, 6) is 0.910. The number of nitrogens with one attached hydrogen (secondary N) is 1. The average Bonchev–Trinajstić information content (AvgIpc) is 3.04. The van der Waals surface area contributed by atoms with Crippen LogP contribution in [0.4, 0.5) is 5.82 Å². The van der Waals surface area contributed by atoms with Gasteiger partial charge in [-0.1, -0.05) is 0 Å². The predicted octanol–water partition coefficient (Wildman–Crippen LogP) is 1.43. The van der Waals surface area contributed by atoms with Crippen molar-refractivity contribution < 1.29 is 0 Å². The van der Waals surface area contributed by atoms with E-state index in [0.717, 1.165) is 17.6 Å². The normalized spacial score (nSPS) is 25.9. The molecule has 1 aliphatic heterocycles. The molecule has 0 radical (unpaired) electrons. The van der Waals surface area contributed by atoms with Crippen molar-refractivity contribution in [2.75, 3.05) is 18.4 Å². The van der Waals surface area contributed by atoms with Crippen LogP contribution in [0.1, 0.15) is 25.0 Å². The maximum Gasteiger partial charge on any atom is 0.148 e. The van der Waals surface area contributed by atoms with Crippen molar-refractivity contribution in [1.29, 1.82) is 0 Å². The average molecular weight is 218 g/mol. The van der Waals surface area contributed by atoms with Crippen molar-refractivity contribution in [2.45, 2.75) is 38.3 Å². The Morgan fingerprint density at radius 2 is 2.12 bits per heavy atom. The van der Waals surface area contributed by atoms with Crippen molar-refractivity contribution >= 4 is 5.82 Å². The zero-order valence-electron chi connectivity index (χ0n) is 9.69. The van der Waals surface area contributed by atoms with Crippen LogP contribution in [0, 0.1) is 6.92 Å². The Labute approximate surface area is 96.1 Å². The Morgan fingerprint density at radius 1 is 1.25 bits per heavy atom. The van der Waals surface area contributed by atoms with Gasteiger partial charge in [-0.2, -0.15) is 5.10 Å². The minimum Gasteiger partial charge on any atom is -0.365 e. The molecule has 86 valence electrons. The largest absolute Gasteiger partial charge is 0.365 e. The molecule has 1 unspecified atom stereocenters. The van der Waals surface area contributed by atoms with Crippen LogP contribution in [-0.4, -0.2) is 40.3 Å². The van der Waals surface area contributed by atoms with Crippen LogP contribution in [0.2, 0.25) is 0 Å². The highest BCUT2D eigenvalue weighted by Gasteiger charge is 2.34. The van der Waals surface area contributed by atoms with Gasteiger partial charge in [-0.3, -0.25) is 4.90 Å². The molecule has 2 fully saturated rings. The molecule has 1 aromatic rings. The van der Waals surface area contributed by atoms with Gasteiger partial charge in [0.15, 0.2) is 0 Å². The number of nitrogens with zero attached hydrogens (tertiary/aromatic N) is 3. The van der Waals surface area contributed by atoms with Crippen LogP contribution in [0.3, 0.4) is 0 Å². The number of hydrogen-bond acceptors (Lipinski definition) is 4. The fraction of sp³-hybridized carbons (Fsp3) is 0.667. The molecule has 2 heterocycles. The first kappa shape index (κ1) is 10.0. The molecular formula is C12H18N4. The summed E-state index contributed by atoms with van der Waals surface area (Å²) in [6, 6.07) is 5.46. The Hall–Kier alpha value is -1.16. The number of rotatable bonds is 3. The highest BCUT2D eigenvalue weighted by atomic mass is 15.3. The van der Waals surface area contributed by atoms with Gasteiger partial charge in [-0.25, -0.2) is 0 Å². The van der Waals surface area contributed by atoms with Gasteiger partial charge in [0.05, 0.1) is 5.69 Å². The standard InChI is InChI=1S/C12H18N4/c1-9-2-5-12(15-14-9)13-10-6-7-16(8-10)11-3-4-11/h2,5,10-11H,3-4,6-8H2,1H3,(H,13,15). The first-order valence-electron chi connectivity index (χ1n) is 6.12. The van der Waals surface area contributed by atoms with E-state index in [1.807, 2.05) is 19.1 Å². The first-order valence-corrected chi connectivity index (χ1v) is 6.12. The van der Waals surface area contributed by atoms with E-state index in [4.69, 9.17) is 0 Å². The summed E-state index contributed by atoms with van der Waals surface area (Å²) in [5, 5.41) is 11.7. The molecule has 1 saturated carbocycles. The molecule has 2 aliphatic rings. The monoisotopic (exact) mass is 218 g/mol. The lowest BCUT2D eigenvalue weighted by Gasteiger charge is -2.15. The second kappa shape index (κ2) is 4.01. The Morgan fingerprint density at radius 3 is 2.81 bits per heavy atom. The summed E-state index contributed by atoms with van der Waals surface area (Å²) < 4.78 is 0. The molecular weight excluding hydrogens is 200 g/mol. The van der Waals surface area contributed by atoms with Crippen molar-refractivity contribution in [2.24, 2.45) is 0 Å². The minimum absolute atomic E-state index is 0.553. The van der Waals surface area contributed by atoms with Gasteiger partial charge in [0.1, 0.15) is 5.82 Å². The lowest BCUT2D eigenvalue weighted by molar-refractivity contribution is 0.326. The second-order valence-electron chi connectivity index (χ2n) is 4.92. The van der Waals surface area contributed by atoms with Crippen molar-refractivity contribution in [3.05, 3.63) is 17.8 Å². The highest BCUT2D eigenvalue weighted by Crippen LogP contribution is 2.30. The van der Waals surface area contributed by atoms with Crippen molar-refractivity contribution in [1.82, 2.24) is 15.1 Å². The lowest BCUT2D eigenvalue weighted by atomic mass is 10.2. The summed E-state index contributed by atoms with van der Waals surface area (Å²) >= 11 is 0. The van der Waals surface area contributed by atoms with E-state index in [9.17, 15) is 0 Å². The van der Waals surface area contributed by atoms with E-state index in [2.05, 4.69) is 20.4 Å². The zero-order valence-corrected chi connectivity index (χ0v) is 9.69. The topological polar surface area (TPSA) is 41.0 Å². The Kier molecular flexibility index (Phi) is 2.52. The number of hydrogen-bond donors (Lipinski definition) is 1. The third-order valence-electron chi connectivity index (χ3n) is 3.43. The SMILES string of the molecule is Cc1ccc(NC2CCN(C3CC3)C2)nn1. The van der Waals surface area contributed by atoms with Gasteiger partial charge >= 0.3 is 0 Å². The molecule has 1 N–H and O–H groups in total. The van der Waals surface area contributed by atoms with E-state index in [1.165, 1.54) is 32.4 Å². The van der Waals surface area contributed by atoms with Gasteiger partial charge < -0.3 is 5.32 Å². The molecule has 4 heteroatoms. The van der Waals surface area contributed by atoms with Crippen LogP contribution < -0.4 is 5.32 Å². The minimum atomic E-state index is 0.553. The lowest BCUT2D eigenvalue weighted by Crippen LogP contribution is -2.28. The molecule has 0 aromatic carbocycles. The third kappa shape index (κ3) is 2.16. The summed E-state index contributed by atoms with van der Waals surface area (Å²) in [7, 11) is 0. The van der Waals surface area contributed by atoms with Crippen LogP contribution in [-0.2, 0) is 0 Å². The molecule has 3 rings (SSSR count). The number of aromatic nitrogens is 2. The van der Waals surface area contributed by atoms with E-state index < -0.39 is 0 Å². The molecule has 0 amide bonds. The third-order valence-corrected chi connectivity index (χ3v) is 3.43. The maximum atomic E-state index is 4.15. The molecule has 0 bridgehead atoms. The number of aryl methyl sites for hydroxylation is 1. The second-order valence-corrected chi connectivity index (χ2v) is 4.92. The van der Waals surface area contributed by atoms with Gasteiger partial charge in [-0.05, 0) is 38.3 Å². The van der Waals surface area contributed by atoms with E-state index >= 15 is 0 Å². The van der Waals surface area contributed by atoms with E-state index in [-0.39, 0.29) is 0 Å². The molecule has 0 spiro atoms. The summed E-state index contributed by atoms with van der Waals surface area (Å²) in [4.78, 5) is 2.60. The first-order chi connectivity index (χ1) is 7.81. The summed E-state index contributed by atoms with van der Waals surface area (Å²) in [5.41, 5.74) is 0.969.